The number of unbranched alkanes of at least 4 members (excludes halogenated alkanes) is 8. The van der Waals surface area contributed by atoms with Crippen molar-refractivity contribution < 1.29 is 57.2 Å². The van der Waals surface area contributed by atoms with Crippen LogP contribution < -0.4 is 95.6 Å². The molecule has 0 spiro atoms. The normalized spacial score (nSPS) is 15.6. The monoisotopic (exact) mass is 1420 g/mol. The molecule has 0 saturated heterocycles. The number of Topliss-reactive ketones (excluding diaryl/α,β-unsaturated/α-hetero) is 2. The Kier molecular flexibility index (Phi) is 37.2. The molecule has 3 aromatic carbocycles. The number of hydrogen-bond donors (Lipinski definition) is 12. The van der Waals surface area contributed by atoms with Crippen LogP contribution in [0.25, 0.3) is 0 Å². The van der Waals surface area contributed by atoms with Crippen LogP contribution in [0.3, 0.4) is 0 Å². The molecule has 0 aromatic heterocycles. The molecule has 2 aliphatic rings. The largest absolute Gasteiger partial charge is 0.496 e. The maximum atomic E-state index is 14.5. The third kappa shape index (κ3) is 30.5. The van der Waals surface area contributed by atoms with Gasteiger partial charge in [0.05, 0.1) is 74.0 Å². The van der Waals surface area contributed by atoms with Gasteiger partial charge in [0.15, 0.2) is 35.4 Å². The molecule has 0 atom stereocenters. The topological polar surface area (TPSA) is 470 Å². The van der Waals surface area contributed by atoms with Crippen LogP contribution in [-0.2, 0) is 0 Å². The van der Waals surface area contributed by atoms with Gasteiger partial charge in [-0.25, -0.2) is 0 Å². The maximum Gasteiger partial charge on any atom is 0.255 e. The van der Waals surface area contributed by atoms with Crippen LogP contribution in [0, 0.1) is 11.8 Å². The fourth-order valence-electron chi connectivity index (χ4n) is 12.0. The van der Waals surface area contributed by atoms with Crippen LogP contribution in [0.2, 0.25) is 0 Å². The van der Waals surface area contributed by atoms with E-state index in [4.69, 9.17) is 74.3 Å². The van der Waals surface area contributed by atoms with Gasteiger partial charge in [0.2, 0.25) is 0 Å². The predicted molar refractivity (Wildman–Crippen MR) is 399 cm³/mol. The first-order chi connectivity index (χ1) is 49.0. The summed E-state index contributed by atoms with van der Waals surface area (Å²) in [6, 6.07) is 9.01. The molecule has 102 heavy (non-hydrogen) atoms. The number of guanidine groups is 4. The fourth-order valence-corrected chi connectivity index (χ4v) is 12.0. The van der Waals surface area contributed by atoms with Gasteiger partial charge in [-0.15, -0.1) is 0 Å². The summed E-state index contributed by atoms with van der Waals surface area (Å²) in [5.74, 6) is -0.256. The number of carbonyl (C=O) groups excluding carboxylic acids is 6. The van der Waals surface area contributed by atoms with Gasteiger partial charge in [0.1, 0.15) is 34.5 Å². The van der Waals surface area contributed by atoms with Crippen molar-refractivity contribution in [2.45, 2.75) is 153 Å². The minimum absolute atomic E-state index is 0.0260. The van der Waals surface area contributed by atoms with Gasteiger partial charge in [-0.3, -0.25) is 48.7 Å². The molecule has 0 radical (unpaired) electrons. The Morgan fingerprint density at radius 2 is 0.647 bits per heavy atom. The number of amides is 4. The maximum absolute atomic E-state index is 14.5. The van der Waals surface area contributed by atoms with E-state index in [9.17, 15) is 28.8 Å². The number of nitrogens with two attached hydrogens (primary N) is 8. The SMILES string of the molecule is COc1cc(OC)c(C(=O)CC2CCC(NC(=O)c3cc(C(=O)NCCN(C)C)c(OCCCCCN=C(N)N)cc3OCCCCCN=C(N)N)CC2)cc1C(=O)CC1CCC(NC(=O)c2cc(C(=O)NCCN(C)C)c(OCCCCCN=C(N)N)cc2OCCCCCN=C(N)N)CC1. The molecule has 0 aliphatic heterocycles. The van der Waals surface area contributed by atoms with E-state index in [-0.39, 0.29) is 153 Å². The van der Waals surface area contributed by atoms with Gasteiger partial charge in [-0.2, -0.15) is 0 Å². The Morgan fingerprint density at radius 3 is 0.922 bits per heavy atom. The molecule has 0 heterocycles. The van der Waals surface area contributed by atoms with Crippen molar-refractivity contribution in [2.24, 2.45) is 77.7 Å². The molecule has 30 heteroatoms. The molecule has 30 nitrogen and oxygen atoms in total. The zero-order valence-corrected chi connectivity index (χ0v) is 61.0. The van der Waals surface area contributed by atoms with Gasteiger partial charge in [0, 0.05) is 95.5 Å². The standard InChI is InChI=1S/C72H116N18O12/c1-89(2)33-31-81-65(93)53-42-55(63(101-37-17-9-13-29-85-71(77)78)45-61(53)99-35-15-7-11-27-83-69(73)74)67(95)87-49-23-19-47(20-24-49)39-57(91)51-41-52(60(98-6)44-59(51)97-5)58(92)40-48-21-25-50(26-22-48)88-68(96)56-43-54(66(94)82-32-34-90(3)4)62(100-36-16-8-12-28-84-70(75)76)46-64(56)102-38-18-10-14-30-86-72(79)80/h41-50H,7-40H2,1-6H3,(H,81,93)(H,82,94)(H,87,95)(H,88,96)(H4,73,74,83)(H4,75,76,84)(H4,77,78,85)(H4,79,80,86). The molecule has 3 aromatic rings. The molecule has 0 bridgehead atoms. The van der Waals surface area contributed by atoms with Crippen molar-refractivity contribution >= 4 is 59.0 Å². The zero-order chi connectivity index (χ0) is 74.3. The molecule has 4 amide bonds. The number of hydrogen-bond acceptors (Lipinski definition) is 18. The number of benzene rings is 3. The second-order valence-corrected chi connectivity index (χ2v) is 26.6. The van der Waals surface area contributed by atoms with Gasteiger partial charge in [0.25, 0.3) is 23.6 Å². The summed E-state index contributed by atoms with van der Waals surface area (Å²) >= 11 is 0. The number of aliphatic imine (C=N–C) groups is 4. The molecule has 566 valence electrons. The second kappa shape index (κ2) is 45.5. The van der Waals surface area contributed by atoms with E-state index in [1.165, 1.54) is 26.4 Å². The smallest absolute Gasteiger partial charge is 0.255 e. The number of nitrogens with zero attached hydrogens (tertiary/aromatic N) is 6. The number of likely N-dealkylation sites (N-methyl/N-ethyl adjacent to an activating group) is 2. The highest BCUT2D eigenvalue weighted by Gasteiger charge is 2.32. The Labute approximate surface area is 601 Å². The van der Waals surface area contributed by atoms with Crippen molar-refractivity contribution in [3.63, 3.8) is 0 Å². The average Bonchev–Trinajstić information content (AvgIpc) is 0.814. The van der Waals surface area contributed by atoms with E-state index in [1.807, 2.05) is 38.0 Å². The summed E-state index contributed by atoms with van der Waals surface area (Å²) in [6.45, 7) is 4.95. The summed E-state index contributed by atoms with van der Waals surface area (Å²) < 4.78 is 36.6. The predicted octanol–water partition coefficient (Wildman–Crippen LogP) is 4.70. The van der Waals surface area contributed by atoms with E-state index in [2.05, 4.69) is 41.2 Å². The Bertz CT molecular complexity index is 3070. The lowest BCUT2D eigenvalue weighted by atomic mass is 9.81. The van der Waals surface area contributed by atoms with Crippen LogP contribution in [0.4, 0.5) is 0 Å². The molecule has 2 aliphatic carbocycles. The van der Waals surface area contributed by atoms with Gasteiger partial charge in [-0.05, 0) is 187 Å². The fraction of sp³-hybridized carbons (Fsp3) is 0.611. The van der Waals surface area contributed by atoms with E-state index in [1.54, 1.807) is 24.3 Å². The molecule has 20 N–H and O–H groups in total. The molecular formula is C72H116N18O12. The van der Waals surface area contributed by atoms with Crippen molar-refractivity contribution in [1.82, 2.24) is 31.1 Å². The van der Waals surface area contributed by atoms with Gasteiger partial charge in [-0.1, -0.05) is 0 Å². The highest BCUT2D eigenvalue weighted by atomic mass is 16.5. The Hall–Kier alpha value is -9.32. The Morgan fingerprint density at radius 1 is 0.373 bits per heavy atom. The molecule has 5 rings (SSSR count). The van der Waals surface area contributed by atoms with Crippen LogP contribution in [0.1, 0.15) is 203 Å². The minimum Gasteiger partial charge on any atom is -0.496 e. The summed E-state index contributed by atoms with van der Waals surface area (Å²) in [6.07, 6.45) is 13.8. The van der Waals surface area contributed by atoms with E-state index in [0.717, 1.165) is 51.4 Å². The van der Waals surface area contributed by atoms with Gasteiger partial charge < -0.3 is 105 Å². The lowest BCUT2D eigenvalue weighted by Crippen LogP contribution is -2.38. The van der Waals surface area contributed by atoms with Crippen LogP contribution in [-0.4, -0.2) is 202 Å². The number of rotatable bonds is 48. The molecular weight excluding hydrogens is 1310 g/mol. The lowest BCUT2D eigenvalue weighted by molar-refractivity contribution is 0.0889. The summed E-state index contributed by atoms with van der Waals surface area (Å²) in [4.78, 5) is 106. The highest BCUT2D eigenvalue weighted by Crippen LogP contribution is 2.38. The number of ether oxygens (including phenoxy) is 6. The van der Waals surface area contributed by atoms with Crippen molar-refractivity contribution in [3.05, 3.63) is 69.8 Å². The molecule has 2 saturated carbocycles. The van der Waals surface area contributed by atoms with Crippen LogP contribution in [0.15, 0.2) is 56.4 Å². The van der Waals surface area contributed by atoms with Crippen molar-refractivity contribution in [1.29, 1.82) is 0 Å². The van der Waals surface area contributed by atoms with Crippen LogP contribution >= 0.6 is 0 Å². The molecule has 2 fully saturated rings. The van der Waals surface area contributed by atoms with E-state index in [0.29, 0.717) is 143 Å². The van der Waals surface area contributed by atoms with E-state index >= 15 is 0 Å². The summed E-state index contributed by atoms with van der Waals surface area (Å²) in [7, 11) is 10.6. The summed E-state index contributed by atoms with van der Waals surface area (Å²) in [5.41, 5.74) is 45.3. The number of methoxy groups -OCH3 is 2. The minimum atomic E-state index is -0.412. The van der Waals surface area contributed by atoms with Crippen molar-refractivity contribution in [2.75, 3.05) is 121 Å². The van der Waals surface area contributed by atoms with Crippen LogP contribution in [0.5, 0.6) is 34.5 Å². The summed E-state index contributed by atoms with van der Waals surface area (Å²) in [5, 5.41) is 12.3. The highest BCUT2D eigenvalue weighted by molar-refractivity contribution is 6.06. The van der Waals surface area contributed by atoms with Crippen molar-refractivity contribution in [3.8, 4) is 34.5 Å². The third-order valence-corrected chi connectivity index (χ3v) is 17.7. The first kappa shape index (κ1) is 83.3. The zero-order valence-electron chi connectivity index (χ0n) is 61.0. The average molecular weight is 1430 g/mol. The second-order valence-electron chi connectivity index (χ2n) is 26.6. The first-order valence-electron chi connectivity index (χ1n) is 35.8. The number of carbonyl (C=O) groups is 6. The van der Waals surface area contributed by atoms with E-state index < -0.39 is 23.6 Å². The number of ketones is 2. The lowest BCUT2D eigenvalue weighted by Gasteiger charge is -2.29. The molecule has 0 unspecified atom stereocenters. The Balaban J connectivity index is 1.25. The quantitative estimate of drug-likeness (QED) is 0.0158. The first-order valence-corrected chi connectivity index (χ1v) is 35.8. The van der Waals surface area contributed by atoms with Gasteiger partial charge >= 0.3 is 0 Å². The third-order valence-electron chi connectivity index (χ3n) is 17.7. The number of nitrogens with one attached hydrogen (secondary N) is 4.